The van der Waals surface area contributed by atoms with Gasteiger partial charge in [-0.25, -0.2) is 4.68 Å². The molecule has 1 aliphatic heterocycles. The fourth-order valence-corrected chi connectivity index (χ4v) is 3.86. The Hall–Kier alpha value is -2.75. The van der Waals surface area contributed by atoms with Gasteiger partial charge in [-0.3, -0.25) is 0 Å². The summed E-state index contributed by atoms with van der Waals surface area (Å²) in [4.78, 5) is 0. The van der Waals surface area contributed by atoms with E-state index in [9.17, 15) is 0 Å². The maximum Gasteiger partial charge on any atom is 0.153 e. The summed E-state index contributed by atoms with van der Waals surface area (Å²) in [6, 6.07) is 21.7. The van der Waals surface area contributed by atoms with Crippen LogP contribution >= 0.6 is 23.2 Å². The Morgan fingerprint density at radius 3 is 2.29 bits per heavy atom. The molecule has 4 aromatic rings. The molecule has 1 aliphatic rings. The Labute approximate surface area is 173 Å². The molecule has 0 amide bonds. The molecule has 5 heteroatoms. The first kappa shape index (κ1) is 17.4. The smallest absolute Gasteiger partial charge is 0.153 e. The van der Waals surface area contributed by atoms with Crippen LogP contribution in [-0.4, -0.2) is 9.78 Å². The lowest BCUT2D eigenvalue weighted by atomic mass is 9.94. The van der Waals surface area contributed by atoms with Crippen LogP contribution in [0, 0.1) is 6.92 Å². The molecule has 1 atom stereocenters. The van der Waals surface area contributed by atoms with Gasteiger partial charge in [-0.1, -0.05) is 47.0 Å². The molecule has 5 rings (SSSR count). The third-order valence-electron chi connectivity index (χ3n) is 4.96. The van der Waals surface area contributed by atoms with Crippen LogP contribution in [0.25, 0.3) is 16.9 Å². The molecule has 28 heavy (non-hydrogen) atoms. The van der Waals surface area contributed by atoms with Crippen molar-refractivity contribution in [2.75, 3.05) is 0 Å². The number of ether oxygens (including phenoxy) is 1. The number of aryl methyl sites for hydroxylation is 1. The van der Waals surface area contributed by atoms with Gasteiger partial charge in [-0.15, -0.1) is 0 Å². The van der Waals surface area contributed by atoms with Gasteiger partial charge in [0.25, 0.3) is 0 Å². The highest BCUT2D eigenvalue weighted by molar-refractivity contribution is 6.30. The first-order valence-corrected chi connectivity index (χ1v) is 9.73. The van der Waals surface area contributed by atoms with Gasteiger partial charge >= 0.3 is 0 Å². The molecular weight excluding hydrogens is 391 g/mol. The molecule has 138 valence electrons. The molecule has 0 aliphatic carbocycles. The standard InChI is InChI=1S/C23H16Cl2N2O/c1-14-2-11-21-19(12-14)22-20(23(28-21)15-3-5-16(24)6-4-15)13-26-27(22)18-9-7-17(25)8-10-18/h2-13,23H,1H3. The number of aromatic nitrogens is 2. The Morgan fingerprint density at radius 1 is 0.893 bits per heavy atom. The molecule has 3 aromatic carbocycles. The predicted octanol–water partition coefficient (Wildman–Crippen LogP) is 6.64. The van der Waals surface area contributed by atoms with Crippen LogP contribution in [-0.2, 0) is 0 Å². The van der Waals surface area contributed by atoms with Crippen molar-refractivity contribution in [1.29, 1.82) is 0 Å². The van der Waals surface area contributed by atoms with Gasteiger partial charge in [0.1, 0.15) is 5.75 Å². The van der Waals surface area contributed by atoms with E-state index >= 15 is 0 Å². The van der Waals surface area contributed by atoms with Gasteiger partial charge in [0.2, 0.25) is 0 Å². The van der Waals surface area contributed by atoms with Crippen molar-refractivity contribution >= 4 is 23.2 Å². The Morgan fingerprint density at radius 2 is 1.57 bits per heavy atom. The maximum atomic E-state index is 6.39. The second kappa shape index (κ2) is 6.69. The SMILES string of the molecule is Cc1ccc2c(c1)-c1c(cnn1-c1ccc(Cl)cc1)C(c1ccc(Cl)cc1)O2. The van der Waals surface area contributed by atoms with E-state index in [1.54, 1.807) is 0 Å². The van der Waals surface area contributed by atoms with Gasteiger partial charge in [-0.05, 0) is 61.0 Å². The number of nitrogens with zero attached hydrogens (tertiary/aromatic N) is 2. The van der Waals surface area contributed by atoms with Crippen molar-refractivity contribution in [3.05, 3.63) is 99.7 Å². The molecule has 2 heterocycles. The largest absolute Gasteiger partial charge is 0.480 e. The minimum Gasteiger partial charge on any atom is -0.480 e. The van der Waals surface area contributed by atoms with Crippen LogP contribution in [0.3, 0.4) is 0 Å². The number of rotatable bonds is 2. The molecule has 0 fully saturated rings. The Bertz CT molecular complexity index is 1160. The molecule has 1 unspecified atom stereocenters. The Kier molecular flexibility index (Phi) is 4.15. The van der Waals surface area contributed by atoms with Crippen LogP contribution < -0.4 is 4.74 Å². The van der Waals surface area contributed by atoms with E-state index in [2.05, 4.69) is 24.2 Å². The molecular formula is C23H16Cl2N2O. The predicted molar refractivity (Wildman–Crippen MR) is 113 cm³/mol. The van der Waals surface area contributed by atoms with E-state index < -0.39 is 0 Å². The van der Waals surface area contributed by atoms with Crippen molar-refractivity contribution < 1.29 is 4.74 Å². The summed E-state index contributed by atoms with van der Waals surface area (Å²) in [5.41, 5.74) is 6.25. The minimum atomic E-state index is -0.247. The number of hydrogen-bond donors (Lipinski definition) is 0. The number of benzene rings is 3. The summed E-state index contributed by atoms with van der Waals surface area (Å²) < 4.78 is 8.34. The highest BCUT2D eigenvalue weighted by Gasteiger charge is 2.31. The van der Waals surface area contributed by atoms with Gasteiger partial charge in [0.15, 0.2) is 6.10 Å². The molecule has 0 saturated heterocycles. The van der Waals surface area contributed by atoms with Crippen LogP contribution in [0.5, 0.6) is 5.75 Å². The van der Waals surface area contributed by atoms with E-state index in [1.807, 2.05) is 65.5 Å². The lowest BCUT2D eigenvalue weighted by Crippen LogP contribution is -2.16. The van der Waals surface area contributed by atoms with Crippen molar-refractivity contribution in [3.8, 4) is 22.7 Å². The van der Waals surface area contributed by atoms with Crippen LogP contribution in [0.4, 0.5) is 0 Å². The fourth-order valence-electron chi connectivity index (χ4n) is 3.61. The molecule has 0 spiro atoms. The maximum absolute atomic E-state index is 6.39. The Balaban J connectivity index is 1.73. The second-order valence-corrected chi connectivity index (χ2v) is 7.76. The number of halogens is 2. The zero-order valence-corrected chi connectivity index (χ0v) is 16.6. The average molecular weight is 407 g/mol. The highest BCUT2D eigenvalue weighted by Crippen LogP contribution is 2.45. The normalized spacial score (nSPS) is 14.9. The van der Waals surface area contributed by atoms with Crippen LogP contribution in [0.15, 0.2) is 72.9 Å². The zero-order chi connectivity index (χ0) is 19.3. The highest BCUT2D eigenvalue weighted by atomic mass is 35.5. The summed E-state index contributed by atoms with van der Waals surface area (Å²) in [5.74, 6) is 0.841. The van der Waals surface area contributed by atoms with Gasteiger partial charge in [0.05, 0.1) is 17.6 Å². The van der Waals surface area contributed by atoms with Crippen molar-refractivity contribution in [1.82, 2.24) is 9.78 Å². The monoisotopic (exact) mass is 406 g/mol. The van der Waals surface area contributed by atoms with Gasteiger partial charge in [0, 0.05) is 21.2 Å². The zero-order valence-electron chi connectivity index (χ0n) is 15.1. The van der Waals surface area contributed by atoms with Crippen LogP contribution in [0.1, 0.15) is 22.8 Å². The van der Waals surface area contributed by atoms with Crippen molar-refractivity contribution in [2.24, 2.45) is 0 Å². The van der Waals surface area contributed by atoms with Crippen molar-refractivity contribution in [2.45, 2.75) is 13.0 Å². The third kappa shape index (κ3) is 2.88. The van der Waals surface area contributed by atoms with E-state index in [0.717, 1.165) is 33.8 Å². The first-order valence-electron chi connectivity index (χ1n) is 8.97. The van der Waals surface area contributed by atoms with Gasteiger partial charge < -0.3 is 4.74 Å². The number of hydrogen-bond acceptors (Lipinski definition) is 2. The molecule has 3 nitrogen and oxygen atoms in total. The van der Waals surface area contributed by atoms with Gasteiger partial charge in [-0.2, -0.15) is 5.10 Å². The molecule has 0 bridgehead atoms. The summed E-state index contributed by atoms with van der Waals surface area (Å²) in [7, 11) is 0. The summed E-state index contributed by atoms with van der Waals surface area (Å²) >= 11 is 12.2. The van der Waals surface area contributed by atoms with Crippen molar-refractivity contribution in [3.63, 3.8) is 0 Å². The lowest BCUT2D eigenvalue weighted by Gasteiger charge is -2.27. The summed E-state index contributed by atoms with van der Waals surface area (Å²) in [6.07, 6.45) is 1.64. The van der Waals surface area contributed by atoms with Crippen LogP contribution in [0.2, 0.25) is 10.0 Å². The second-order valence-electron chi connectivity index (χ2n) is 6.89. The third-order valence-corrected chi connectivity index (χ3v) is 5.46. The summed E-state index contributed by atoms with van der Waals surface area (Å²) in [5, 5.41) is 6.09. The first-order chi connectivity index (χ1) is 13.6. The number of fused-ring (bicyclic) bond motifs is 3. The van der Waals surface area contributed by atoms with E-state index in [1.165, 1.54) is 5.56 Å². The van der Waals surface area contributed by atoms with E-state index in [-0.39, 0.29) is 6.10 Å². The molecule has 0 N–H and O–H groups in total. The fraction of sp³-hybridized carbons (Fsp3) is 0.0870. The average Bonchev–Trinajstić information content (AvgIpc) is 3.14. The molecule has 0 saturated carbocycles. The topological polar surface area (TPSA) is 27.1 Å². The summed E-state index contributed by atoms with van der Waals surface area (Å²) in [6.45, 7) is 2.08. The molecule has 0 radical (unpaired) electrons. The van der Waals surface area contributed by atoms with E-state index in [4.69, 9.17) is 27.9 Å². The van der Waals surface area contributed by atoms with E-state index in [0.29, 0.717) is 10.0 Å². The lowest BCUT2D eigenvalue weighted by molar-refractivity contribution is 0.243. The quantitative estimate of drug-likeness (QED) is 0.373. The minimum absolute atomic E-state index is 0.247. The molecule has 1 aromatic heterocycles.